The number of hydrogen-bond acceptors (Lipinski definition) is 5. The number of fused-ring (bicyclic) bond motifs is 1. The topological polar surface area (TPSA) is 106 Å². The molecule has 2 heterocycles. The van der Waals surface area contributed by atoms with Gasteiger partial charge in [0.25, 0.3) is 5.91 Å². The van der Waals surface area contributed by atoms with Crippen LogP contribution in [-0.4, -0.2) is 38.8 Å². The predicted molar refractivity (Wildman–Crippen MR) is 123 cm³/mol. The van der Waals surface area contributed by atoms with Crippen LogP contribution < -0.4 is 16.0 Å². The van der Waals surface area contributed by atoms with Crippen LogP contribution in [0, 0.1) is 13.8 Å². The summed E-state index contributed by atoms with van der Waals surface area (Å²) in [5.41, 5.74) is 10.5. The lowest BCUT2D eigenvalue weighted by molar-refractivity contribution is -0.116. The number of nitrogens with two attached hydrogens (primary N) is 1. The molecule has 0 unspecified atom stereocenters. The van der Waals surface area contributed by atoms with Crippen LogP contribution in [0.4, 0.5) is 11.4 Å². The largest absolute Gasteiger partial charge is 0.369 e. The van der Waals surface area contributed by atoms with Crippen molar-refractivity contribution in [2.45, 2.75) is 53.5 Å². The van der Waals surface area contributed by atoms with Crippen molar-refractivity contribution in [3.63, 3.8) is 0 Å². The standard InChI is InChI=1S/C23H30N6O2/c1-6-28(14(2)3)18-9-7-17(8-10-18)27-20(30)12-11-19-15(4)26-23-21(22(24)31)25-13-29(23)16(19)5/h7-10,13-14H,6,11-12H2,1-5H3,(H2,24,31)(H,27,30). The zero-order valence-electron chi connectivity index (χ0n) is 18.8. The Morgan fingerprint density at radius 3 is 2.45 bits per heavy atom. The number of nitrogens with zero attached hydrogens (tertiary/aromatic N) is 4. The van der Waals surface area contributed by atoms with Gasteiger partial charge in [-0.3, -0.25) is 14.0 Å². The number of imidazole rings is 1. The number of carbonyl (C=O) groups is 2. The molecule has 1 aromatic carbocycles. The molecule has 0 aliphatic rings. The van der Waals surface area contributed by atoms with E-state index in [1.807, 2.05) is 38.1 Å². The van der Waals surface area contributed by atoms with Crippen LogP contribution in [0.3, 0.4) is 0 Å². The van der Waals surface area contributed by atoms with Crippen molar-refractivity contribution in [3.05, 3.63) is 53.2 Å². The van der Waals surface area contributed by atoms with Gasteiger partial charge in [0.1, 0.15) is 6.33 Å². The molecular formula is C23H30N6O2. The van der Waals surface area contributed by atoms with Crippen LogP contribution in [0.1, 0.15) is 54.6 Å². The zero-order chi connectivity index (χ0) is 22.7. The Kier molecular flexibility index (Phi) is 6.58. The van der Waals surface area contributed by atoms with Crippen molar-refractivity contribution in [2.24, 2.45) is 5.73 Å². The molecule has 3 N–H and O–H groups in total. The number of amides is 2. The number of anilines is 2. The summed E-state index contributed by atoms with van der Waals surface area (Å²) in [6, 6.07) is 8.33. The molecule has 8 nitrogen and oxygen atoms in total. The Morgan fingerprint density at radius 2 is 1.87 bits per heavy atom. The number of rotatable bonds is 8. The number of benzene rings is 1. The van der Waals surface area contributed by atoms with E-state index < -0.39 is 5.91 Å². The molecule has 0 radical (unpaired) electrons. The highest BCUT2D eigenvalue weighted by molar-refractivity contribution is 5.96. The van der Waals surface area contributed by atoms with E-state index in [4.69, 9.17) is 5.73 Å². The maximum absolute atomic E-state index is 12.5. The Bertz CT molecular complexity index is 1100. The van der Waals surface area contributed by atoms with Gasteiger partial charge in [-0.25, -0.2) is 9.97 Å². The van der Waals surface area contributed by atoms with Gasteiger partial charge in [-0.05, 0) is 70.9 Å². The van der Waals surface area contributed by atoms with Gasteiger partial charge in [0.15, 0.2) is 11.3 Å². The molecule has 2 aromatic heterocycles. The van der Waals surface area contributed by atoms with E-state index in [0.29, 0.717) is 24.5 Å². The van der Waals surface area contributed by atoms with Gasteiger partial charge in [-0.2, -0.15) is 0 Å². The van der Waals surface area contributed by atoms with Crippen LogP contribution in [0.25, 0.3) is 5.65 Å². The molecule has 3 aromatic rings. The van der Waals surface area contributed by atoms with Gasteiger partial charge in [0.2, 0.25) is 5.91 Å². The lowest BCUT2D eigenvalue weighted by Crippen LogP contribution is -2.30. The number of carbonyl (C=O) groups excluding carboxylic acids is 2. The number of aromatic nitrogens is 3. The fraction of sp³-hybridized carbons (Fsp3) is 0.391. The van der Waals surface area contributed by atoms with Gasteiger partial charge in [-0.1, -0.05) is 0 Å². The molecule has 8 heteroatoms. The van der Waals surface area contributed by atoms with E-state index in [-0.39, 0.29) is 11.6 Å². The van der Waals surface area contributed by atoms with E-state index in [9.17, 15) is 9.59 Å². The van der Waals surface area contributed by atoms with E-state index in [2.05, 4.69) is 41.0 Å². The summed E-state index contributed by atoms with van der Waals surface area (Å²) in [6.07, 6.45) is 2.39. The second kappa shape index (κ2) is 9.16. The third-order valence-electron chi connectivity index (χ3n) is 5.53. The highest BCUT2D eigenvalue weighted by Crippen LogP contribution is 2.21. The molecule has 0 saturated heterocycles. The number of primary amides is 1. The molecule has 2 amide bonds. The third-order valence-corrected chi connectivity index (χ3v) is 5.53. The lowest BCUT2D eigenvalue weighted by Gasteiger charge is -2.27. The Hall–Kier alpha value is -3.42. The van der Waals surface area contributed by atoms with Crippen LogP contribution in [0.2, 0.25) is 0 Å². The smallest absolute Gasteiger partial charge is 0.271 e. The minimum Gasteiger partial charge on any atom is -0.369 e. The normalized spacial score (nSPS) is 11.2. The fourth-order valence-corrected chi connectivity index (χ4v) is 3.91. The summed E-state index contributed by atoms with van der Waals surface area (Å²) in [5, 5.41) is 2.96. The van der Waals surface area contributed by atoms with Crippen molar-refractivity contribution in [1.82, 2.24) is 14.4 Å². The summed E-state index contributed by atoms with van der Waals surface area (Å²) < 4.78 is 1.74. The molecule has 0 aliphatic heterocycles. The van der Waals surface area contributed by atoms with Crippen LogP contribution in [-0.2, 0) is 11.2 Å². The Morgan fingerprint density at radius 1 is 1.19 bits per heavy atom. The van der Waals surface area contributed by atoms with Crippen molar-refractivity contribution in [2.75, 3.05) is 16.8 Å². The first kappa shape index (κ1) is 22.3. The van der Waals surface area contributed by atoms with Crippen molar-refractivity contribution >= 4 is 28.8 Å². The second-order valence-corrected chi connectivity index (χ2v) is 7.89. The monoisotopic (exact) mass is 422 g/mol. The Balaban J connectivity index is 1.68. The van der Waals surface area contributed by atoms with Gasteiger partial charge in [-0.15, -0.1) is 0 Å². The predicted octanol–water partition coefficient (Wildman–Crippen LogP) is 3.25. The summed E-state index contributed by atoms with van der Waals surface area (Å²) >= 11 is 0. The highest BCUT2D eigenvalue weighted by atomic mass is 16.2. The molecule has 0 fully saturated rings. The SMILES string of the molecule is CCN(c1ccc(NC(=O)CCc2c(C)nc3c(C(N)=O)ncn3c2C)cc1)C(C)C. The maximum Gasteiger partial charge on any atom is 0.271 e. The van der Waals surface area contributed by atoms with Crippen LogP contribution in [0.15, 0.2) is 30.6 Å². The van der Waals surface area contributed by atoms with Crippen molar-refractivity contribution in [3.8, 4) is 0 Å². The van der Waals surface area contributed by atoms with Gasteiger partial charge >= 0.3 is 0 Å². The molecule has 0 bridgehead atoms. The second-order valence-electron chi connectivity index (χ2n) is 7.89. The fourth-order valence-electron chi connectivity index (χ4n) is 3.91. The van der Waals surface area contributed by atoms with E-state index in [1.165, 1.54) is 0 Å². The number of hydrogen-bond donors (Lipinski definition) is 2. The van der Waals surface area contributed by atoms with Crippen LogP contribution >= 0.6 is 0 Å². The first-order valence-electron chi connectivity index (χ1n) is 10.5. The van der Waals surface area contributed by atoms with Crippen LogP contribution in [0.5, 0.6) is 0 Å². The summed E-state index contributed by atoms with van der Waals surface area (Å²) in [6.45, 7) is 11.2. The first-order chi connectivity index (χ1) is 14.7. The average Bonchev–Trinajstić information content (AvgIpc) is 3.13. The molecular weight excluding hydrogens is 392 g/mol. The summed E-state index contributed by atoms with van der Waals surface area (Å²) in [5.74, 6) is -0.672. The molecule has 31 heavy (non-hydrogen) atoms. The minimum absolute atomic E-state index is 0.0636. The number of aryl methyl sites for hydroxylation is 2. The lowest BCUT2D eigenvalue weighted by atomic mass is 10.1. The van der Waals surface area contributed by atoms with Gasteiger partial charge in [0, 0.05) is 41.8 Å². The molecule has 3 rings (SSSR count). The van der Waals surface area contributed by atoms with E-state index in [1.54, 1.807) is 10.7 Å². The summed E-state index contributed by atoms with van der Waals surface area (Å²) in [7, 11) is 0. The maximum atomic E-state index is 12.5. The van der Waals surface area contributed by atoms with E-state index in [0.717, 1.165) is 34.9 Å². The first-order valence-corrected chi connectivity index (χ1v) is 10.5. The molecule has 0 aliphatic carbocycles. The highest BCUT2D eigenvalue weighted by Gasteiger charge is 2.17. The third kappa shape index (κ3) is 4.68. The number of nitrogens with one attached hydrogen (secondary N) is 1. The Labute approximate surface area is 182 Å². The minimum atomic E-state index is -0.609. The molecule has 0 atom stereocenters. The van der Waals surface area contributed by atoms with Gasteiger partial charge < -0.3 is 16.0 Å². The van der Waals surface area contributed by atoms with Crippen molar-refractivity contribution < 1.29 is 9.59 Å². The van der Waals surface area contributed by atoms with Crippen molar-refractivity contribution in [1.29, 1.82) is 0 Å². The quantitative estimate of drug-likeness (QED) is 0.580. The summed E-state index contributed by atoms with van der Waals surface area (Å²) in [4.78, 5) is 34.9. The van der Waals surface area contributed by atoms with E-state index >= 15 is 0 Å². The molecule has 164 valence electrons. The molecule has 0 saturated carbocycles. The molecule has 0 spiro atoms. The average molecular weight is 423 g/mol. The zero-order valence-corrected chi connectivity index (χ0v) is 18.8. The van der Waals surface area contributed by atoms with Gasteiger partial charge in [0.05, 0.1) is 0 Å².